The van der Waals surface area contributed by atoms with Crippen molar-refractivity contribution in [1.29, 1.82) is 0 Å². The summed E-state index contributed by atoms with van der Waals surface area (Å²) in [4.78, 5) is 2.60. The van der Waals surface area contributed by atoms with Crippen LogP contribution >= 0.6 is 0 Å². The molecule has 82 valence electrons. The quantitative estimate of drug-likeness (QED) is 0.729. The van der Waals surface area contributed by atoms with Gasteiger partial charge in [-0.2, -0.15) is 0 Å². The molecule has 1 heterocycles. The van der Waals surface area contributed by atoms with Crippen LogP contribution in [-0.2, 0) is 0 Å². The molecule has 0 radical (unpaired) electrons. The van der Waals surface area contributed by atoms with Gasteiger partial charge in [-0.3, -0.25) is 0 Å². The molecule has 1 aliphatic carbocycles. The summed E-state index contributed by atoms with van der Waals surface area (Å²) in [5.41, 5.74) is 0. The van der Waals surface area contributed by atoms with Gasteiger partial charge in [-0.05, 0) is 37.0 Å². The first-order valence-electron chi connectivity index (χ1n) is 6.05. The van der Waals surface area contributed by atoms with Crippen molar-refractivity contribution >= 4 is 0 Å². The number of fused-ring (bicyclic) bond motifs is 1. The maximum absolute atomic E-state index is 9.61. The van der Waals surface area contributed by atoms with Crippen molar-refractivity contribution < 1.29 is 5.11 Å². The molecule has 3 atom stereocenters. The molecule has 0 aromatic carbocycles. The van der Waals surface area contributed by atoms with Gasteiger partial charge in [-0.25, -0.2) is 0 Å². The Bertz CT molecular complexity index is 193. The molecule has 2 nitrogen and oxygen atoms in total. The van der Waals surface area contributed by atoms with Crippen molar-refractivity contribution in [2.75, 3.05) is 19.6 Å². The Balaban J connectivity index is 1.86. The monoisotopic (exact) mass is 197 g/mol. The topological polar surface area (TPSA) is 23.5 Å². The summed E-state index contributed by atoms with van der Waals surface area (Å²) in [5.74, 6) is 2.45. The van der Waals surface area contributed by atoms with Crippen LogP contribution in [0.2, 0.25) is 0 Å². The van der Waals surface area contributed by atoms with Crippen molar-refractivity contribution in [1.82, 2.24) is 4.90 Å². The van der Waals surface area contributed by atoms with Gasteiger partial charge >= 0.3 is 0 Å². The van der Waals surface area contributed by atoms with Crippen LogP contribution in [0.5, 0.6) is 0 Å². The zero-order valence-corrected chi connectivity index (χ0v) is 9.45. The zero-order valence-electron chi connectivity index (χ0n) is 9.45. The fourth-order valence-corrected chi connectivity index (χ4v) is 3.17. The second kappa shape index (κ2) is 4.19. The van der Waals surface area contributed by atoms with E-state index >= 15 is 0 Å². The summed E-state index contributed by atoms with van der Waals surface area (Å²) < 4.78 is 0. The van der Waals surface area contributed by atoms with Gasteiger partial charge in [-0.1, -0.05) is 13.8 Å². The molecule has 0 aromatic heterocycles. The van der Waals surface area contributed by atoms with Crippen molar-refractivity contribution in [3.05, 3.63) is 0 Å². The fraction of sp³-hybridized carbons (Fsp3) is 1.00. The predicted octanol–water partition coefficient (Wildman–Crippen LogP) is 1.74. The van der Waals surface area contributed by atoms with Crippen molar-refractivity contribution in [3.8, 4) is 0 Å². The van der Waals surface area contributed by atoms with Crippen molar-refractivity contribution in [2.45, 2.75) is 39.2 Å². The SMILES string of the molecule is CC(C)CN1CC2CCC(O)CC2C1. The van der Waals surface area contributed by atoms with Crippen LogP contribution in [0, 0.1) is 17.8 Å². The lowest BCUT2D eigenvalue weighted by atomic mass is 9.80. The van der Waals surface area contributed by atoms with Crippen LogP contribution < -0.4 is 0 Å². The van der Waals surface area contributed by atoms with Gasteiger partial charge < -0.3 is 10.0 Å². The van der Waals surface area contributed by atoms with Crippen LogP contribution in [-0.4, -0.2) is 35.7 Å². The molecule has 1 N–H and O–H groups in total. The van der Waals surface area contributed by atoms with Crippen LogP contribution in [0.4, 0.5) is 0 Å². The summed E-state index contributed by atoms with van der Waals surface area (Å²) in [7, 11) is 0. The minimum absolute atomic E-state index is 0.00440. The van der Waals surface area contributed by atoms with Crippen LogP contribution in [0.3, 0.4) is 0 Å². The summed E-state index contributed by atoms with van der Waals surface area (Å²) in [5, 5.41) is 9.61. The molecule has 0 amide bonds. The Morgan fingerprint density at radius 1 is 1.21 bits per heavy atom. The Labute approximate surface area is 87.3 Å². The standard InChI is InChI=1S/C12H23NO/c1-9(2)6-13-7-10-3-4-12(14)5-11(10)8-13/h9-12,14H,3-8H2,1-2H3. The number of hydrogen-bond donors (Lipinski definition) is 1. The predicted molar refractivity (Wildman–Crippen MR) is 58.1 cm³/mol. The number of hydrogen-bond acceptors (Lipinski definition) is 2. The van der Waals surface area contributed by atoms with Gasteiger partial charge in [0.15, 0.2) is 0 Å². The van der Waals surface area contributed by atoms with E-state index in [1.807, 2.05) is 0 Å². The minimum atomic E-state index is -0.00440. The highest BCUT2D eigenvalue weighted by Gasteiger charge is 2.36. The summed E-state index contributed by atoms with van der Waals surface area (Å²) in [6.07, 6.45) is 3.34. The largest absolute Gasteiger partial charge is 0.393 e. The highest BCUT2D eigenvalue weighted by atomic mass is 16.3. The Morgan fingerprint density at radius 3 is 2.64 bits per heavy atom. The highest BCUT2D eigenvalue weighted by Crippen LogP contribution is 2.36. The Kier molecular flexibility index (Phi) is 3.13. The van der Waals surface area contributed by atoms with Gasteiger partial charge in [0.2, 0.25) is 0 Å². The first-order valence-corrected chi connectivity index (χ1v) is 6.05. The normalized spacial score (nSPS) is 39.0. The van der Waals surface area contributed by atoms with Gasteiger partial charge in [0.05, 0.1) is 6.10 Å². The van der Waals surface area contributed by atoms with Gasteiger partial charge in [-0.15, -0.1) is 0 Å². The number of likely N-dealkylation sites (tertiary alicyclic amines) is 1. The molecular formula is C12H23NO. The second-order valence-corrected chi connectivity index (χ2v) is 5.60. The van der Waals surface area contributed by atoms with Crippen LogP contribution in [0.25, 0.3) is 0 Å². The van der Waals surface area contributed by atoms with Gasteiger partial charge in [0.25, 0.3) is 0 Å². The highest BCUT2D eigenvalue weighted by molar-refractivity contribution is 4.89. The minimum Gasteiger partial charge on any atom is -0.393 e. The smallest absolute Gasteiger partial charge is 0.0543 e. The summed E-state index contributed by atoms with van der Waals surface area (Å²) in [6.45, 7) is 8.34. The van der Waals surface area contributed by atoms with Crippen LogP contribution in [0.15, 0.2) is 0 Å². The van der Waals surface area contributed by atoms with Gasteiger partial charge in [0, 0.05) is 19.6 Å². The van der Waals surface area contributed by atoms with E-state index < -0.39 is 0 Å². The lowest BCUT2D eigenvalue weighted by Gasteiger charge is -2.27. The maximum atomic E-state index is 9.61. The summed E-state index contributed by atoms with van der Waals surface area (Å²) in [6, 6.07) is 0. The van der Waals surface area contributed by atoms with E-state index in [0.717, 1.165) is 30.6 Å². The van der Waals surface area contributed by atoms with Gasteiger partial charge in [0.1, 0.15) is 0 Å². The zero-order chi connectivity index (χ0) is 10.1. The third kappa shape index (κ3) is 2.29. The first kappa shape index (κ1) is 10.4. The molecule has 2 rings (SSSR count). The molecule has 14 heavy (non-hydrogen) atoms. The molecular weight excluding hydrogens is 174 g/mol. The lowest BCUT2D eigenvalue weighted by molar-refractivity contribution is 0.0865. The lowest BCUT2D eigenvalue weighted by Crippen LogP contribution is -2.26. The number of aliphatic hydroxyl groups is 1. The van der Waals surface area contributed by atoms with E-state index in [1.165, 1.54) is 26.1 Å². The van der Waals surface area contributed by atoms with Crippen LogP contribution in [0.1, 0.15) is 33.1 Å². The molecule has 2 fully saturated rings. The molecule has 0 spiro atoms. The van der Waals surface area contributed by atoms with E-state index in [1.54, 1.807) is 0 Å². The molecule has 2 heteroatoms. The van der Waals surface area contributed by atoms with E-state index in [2.05, 4.69) is 18.7 Å². The Hall–Kier alpha value is -0.0800. The molecule has 3 unspecified atom stereocenters. The first-order chi connectivity index (χ1) is 6.65. The number of nitrogens with zero attached hydrogens (tertiary/aromatic N) is 1. The van der Waals surface area contributed by atoms with E-state index in [0.29, 0.717) is 0 Å². The van der Waals surface area contributed by atoms with E-state index in [9.17, 15) is 5.11 Å². The molecule has 1 saturated carbocycles. The molecule has 2 aliphatic rings. The van der Waals surface area contributed by atoms with E-state index in [4.69, 9.17) is 0 Å². The van der Waals surface area contributed by atoms with E-state index in [-0.39, 0.29) is 6.10 Å². The fourth-order valence-electron chi connectivity index (χ4n) is 3.17. The molecule has 0 aromatic rings. The van der Waals surface area contributed by atoms with Crippen molar-refractivity contribution in [2.24, 2.45) is 17.8 Å². The molecule has 0 bridgehead atoms. The maximum Gasteiger partial charge on any atom is 0.0543 e. The second-order valence-electron chi connectivity index (χ2n) is 5.60. The molecule has 1 aliphatic heterocycles. The number of rotatable bonds is 2. The third-order valence-corrected chi connectivity index (χ3v) is 3.72. The van der Waals surface area contributed by atoms with Crippen molar-refractivity contribution in [3.63, 3.8) is 0 Å². The average molecular weight is 197 g/mol. The average Bonchev–Trinajstić information content (AvgIpc) is 2.44. The molecule has 1 saturated heterocycles. The Morgan fingerprint density at radius 2 is 1.93 bits per heavy atom. The summed E-state index contributed by atoms with van der Waals surface area (Å²) >= 11 is 0. The third-order valence-electron chi connectivity index (χ3n) is 3.72. The number of aliphatic hydroxyl groups excluding tert-OH is 1.